The smallest absolute Gasteiger partial charge is 0.248 e. The van der Waals surface area contributed by atoms with E-state index in [1.165, 1.54) is 24.3 Å². The molecule has 5 heteroatoms. The maximum absolute atomic E-state index is 13.1. The summed E-state index contributed by atoms with van der Waals surface area (Å²) < 4.78 is 18.7. The van der Waals surface area contributed by atoms with Crippen molar-refractivity contribution in [1.82, 2.24) is 0 Å². The number of amides is 1. The predicted octanol–water partition coefficient (Wildman–Crippen LogP) is 4.24. The third kappa shape index (κ3) is 5.43. The number of nitrogens with two attached hydrogens (primary N) is 1. The van der Waals surface area contributed by atoms with Crippen molar-refractivity contribution in [3.8, 4) is 5.75 Å². The van der Waals surface area contributed by atoms with Gasteiger partial charge in [-0.3, -0.25) is 4.79 Å². The lowest BCUT2D eigenvalue weighted by Gasteiger charge is -2.08. The molecule has 0 atom stereocenters. The fourth-order valence-corrected chi connectivity index (χ4v) is 2.05. The Hall–Kier alpha value is -2.82. The Labute approximate surface area is 141 Å². The van der Waals surface area contributed by atoms with Gasteiger partial charge in [-0.25, -0.2) is 4.39 Å². The largest absolute Gasteiger partial charge is 0.491 e. The zero-order valence-corrected chi connectivity index (χ0v) is 13.6. The van der Waals surface area contributed by atoms with Gasteiger partial charge >= 0.3 is 0 Å². The van der Waals surface area contributed by atoms with Gasteiger partial charge in [0.15, 0.2) is 0 Å². The fraction of sp³-hybridized carbons (Fsp3) is 0.211. The standard InChI is InChI=1S/C19H21FN2O2/c1-2-3-11-24-18-9-7-14(12-17(18)21)8-10-19(23)22-16-6-4-5-15(20)13-16/h4-10,12-13H,2-3,11,21H2,1H3,(H,22,23)/b10-8-. The molecular weight excluding hydrogens is 307 g/mol. The highest BCUT2D eigenvalue weighted by atomic mass is 19.1. The van der Waals surface area contributed by atoms with E-state index in [9.17, 15) is 9.18 Å². The normalized spacial score (nSPS) is 10.8. The van der Waals surface area contributed by atoms with Gasteiger partial charge in [-0.2, -0.15) is 0 Å². The quantitative estimate of drug-likeness (QED) is 0.454. The monoisotopic (exact) mass is 328 g/mol. The number of hydrogen-bond donors (Lipinski definition) is 2. The molecule has 0 bridgehead atoms. The third-order valence-electron chi connectivity index (χ3n) is 3.31. The van der Waals surface area contributed by atoms with E-state index in [-0.39, 0.29) is 5.91 Å². The summed E-state index contributed by atoms with van der Waals surface area (Å²) >= 11 is 0. The number of carbonyl (C=O) groups is 1. The number of nitrogens with one attached hydrogen (secondary N) is 1. The highest BCUT2D eigenvalue weighted by Crippen LogP contribution is 2.23. The molecule has 0 fully saturated rings. The van der Waals surface area contributed by atoms with Gasteiger partial charge in [0.1, 0.15) is 11.6 Å². The van der Waals surface area contributed by atoms with Crippen molar-refractivity contribution in [2.24, 2.45) is 0 Å². The SMILES string of the molecule is CCCCOc1ccc(/C=C\C(=O)Nc2cccc(F)c2)cc1N. The second-order valence-corrected chi connectivity index (χ2v) is 5.33. The minimum Gasteiger partial charge on any atom is -0.491 e. The van der Waals surface area contributed by atoms with Gasteiger partial charge < -0.3 is 15.8 Å². The molecule has 0 aliphatic rings. The summed E-state index contributed by atoms with van der Waals surface area (Å²) in [6.07, 6.45) is 5.04. The van der Waals surface area contributed by atoms with Crippen LogP contribution in [0.25, 0.3) is 6.08 Å². The highest BCUT2D eigenvalue weighted by molar-refractivity contribution is 6.01. The summed E-state index contributed by atoms with van der Waals surface area (Å²) in [5.74, 6) is -0.101. The van der Waals surface area contributed by atoms with Gasteiger partial charge in [0, 0.05) is 11.8 Å². The number of nitrogen functional groups attached to an aromatic ring is 1. The van der Waals surface area contributed by atoms with Crippen LogP contribution in [0.2, 0.25) is 0 Å². The Kier molecular flexibility index (Phi) is 6.37. The second-order valence-electron chi connectivity index (χ2n) is 5.33. The molecule has 0 unspecified atom stereocenters. The molecule has 2 aromatic carbocycles. The van der Waals surface area contributed by atoms with Crippen LogP contribution < -0.4 is 15.8 Å². The van der Waals surface area contributed by atoms with Crippen LogP contribution in [-0.4, -0.2) is 12.5 Å². The Morgan fingerprint density at radius 1 is 1.29 bits per heavy atom. The van der Waals surface area contributed by atoms with E-state index in [1.54, 1.807) is 24.3 Å². The molecule has 2 aromatic rings. The molecule has 0 radical (unpaired) electrons. The van der Waals surface area contributed by atoms with Crippen LogP contribution in [0.1, 0.15) is 25.3 Å². The molecule has 24 heavy (non-hydrogen) atoms. The first-order chi connectivity index (χ1) is 11.6. The van der Waals surface area contributed by atoms with Crippen LogP contribution in [-0.2, 0) is 4.79 Å². The van der Waals surface area contributed by atoms with Crippen LogP contribution in [0.4, 0.5) is 15.8 Å². The average Bonchev–Trinajstić information content (AvgIpc) is 2.55. The number of ether oxygens (including phenoxy) is 1. The number of anilines is 2. The minimum absolute atomic E-state index is 0.345. The van der Waals surface area contributed by atoms with Crippen molar-refractivity contribution in [2.75, 3.05) is 17.7 Å². The lowest BCUT2D eigenvalue weighted by Crippen LogP contribution is -2.07. The summed E-state index contributed by atoms with van der Waals surface area (Å²) in [5.41, 5.74) is 7.66. The van der Waals surface area contributed by atoms with Crippen molar-refractivity contribution in [2.45, 2.75) is 19.8 Å². The molecule has 0 spiro atoms. The van der Waals surface area contributed by atoms with Crippen LogP contribution in [0.3, 0.4) is 0 Å². The molecule has 4 nitrogen and oxygen atoms in total. The zero-order valence-electron chi connectivity index (χ0n) is 13.6. The van der Waals surface area contributed by atoms with Crippen molar-refractivity contribution >= 4 is 23.4 Å². The van der Waals surface area contributed by atoms with Crippen molar-refractivity contribution in [3.63, 3.8) is 0 Å². The minimum atomic E-state index is -0.400. The van der Waals surface area contributed by atoms with E-state index in [0.717, 1.165) is 18.4 Å². The van der Waals surface area contributed by atoms with E-state index in [2.05, 4.69) is 12.2 Å². The summed E-state index contributed by atoms with van der Waals surface area (Å²) in [7, 11) is 0. The molecule has 0 saturated heterocycles. The molecule has 3 N–H and O–H groups in total. The second kappa shape index (κ2) is 8.72. The maximum Gasteiger partial charge on any atom is 0.248 e. The van der Waals surface area contributed by atoms with Gasteiger partial charge in [-0.1, -0.05) is 25.5 Å². The fourth-order valence-electron chi connectivity index (χ4n) is 2.05. The number of benzene rings is 2. The lowest BCUT2D eigenvalue weighted by atomic mass is 10.1. The van der Waals surface area contributed by atoms with E-state index < -0.39 is 5.82 Å². The first kappa shape index (κ1) is 17.5. The Morgan fingerprint density at radius 3 is 2.83 bits per heavy atom. The molecule has 0 saturated carbocycles. The first-order valence-corrected chi connectivity index (χ1v) is 7.85. The Bertz CT molecular complexity index is 729. The third-order valence-corrected chi connectivity index (χ3v) is 3.31. The van der Waals surface area contributed by atoms with Gasteiger partial charge in [-0.15, -0.1) is 0 Å². The molecule has 0 aliphatic carbocycles. The van der Waals surface area contributed by atoms with Crippen LogP contribution in [0.5, 0.6) is 5.75 Å². The van der Waals surface area contributed by atoms with Gasteiger partial charge in [0.2, 0.25) is 5.91 Å². The van der Waals surface area contributed by atoms with Crippen molar-refractivity contribution in [1.29, 1.82) is 0 Å². The molecule has 126 valence electrons. The predicted molar refractivity (Wildman–Crippen MR) is 95.3 cm³/mol. The topological polar surface area (TPSA) is 64.3 Å². The van der Waals surface area contributed by atoms with Crippen LogP contribution >= 0.6 is 0 Å². The number of carbonyl (C=O) groups excluding carboxylic acids is 1. The number of rotatable bonds is 7. The summed E-state index contributed by atoms with van der Waals surface area (Å²) in [6, 6.07) is 11.1. The molecule has 0 aliphatic heterocycles. The molecule has 0 aromatic heterocycles. The van der Waals surface area contributed by atoms with E-state index in [4.69, 9.17) is 10.5 Å². The van der Waals surface area contributed by atoms with E-state index in [1.807, 2.05) is 6.07 Å². The van der Waals surface area contributed by atoms with E-state index in [0.29, 0.717) is 23.7 Å². The number of unbranched alkanes of at least 4 members (excludes halogenated alkanes) is 1. The zero-order chi connectivity index (χ0) is 17.4. The van der Waals surface area contributed by atoms with Crippen LogP contribution in [0, 0.1) is 5.82 Å². The average molecular weight is 328 g/mol. The lowest BCUT2D eigenvalue weighted by molar-refractivity contribution is -0.111. The summed E-state index contributed by atoms with van der Waals surface area (Å²) in [5, 5.41) is 2.59. The summed E-state index contributed by atoms with van der Waals surface area (Å²) in [4.78, 5) is 11.8. The van der Waals surface area contributed by atoms with Gasteiger partial charge in [-0.05, 0) is 48.4 Å². The number of hydrogen-bond acceptors (Lipinski definition) is 3. The molecular formula is C19H21FN2O2. The van der Waals surface area contributed by atoms with Crippen LogP contribution in [0.15, 0.2) is 48.5 Å². The maximum atomic E-state index is 13.1. The Morgan fingerprint density at radius 2 is 2.12 bits per heavy atom. The Balaban J connectivity index is 1.95. The van der Waals surface area contributed by atoms with Crippen molar-refractivity contribution < 1.29 is 13.9 Å². The van der Waals surface area contributed by atoms with E-state index >= 15 is 0 Å². The first-order valence-electron chi connectivity index (χ1n) is 7.85. The molecule has 2 rings (SSSR count). The molecule has 1 amide bonds. The number of halogens is 1. The van der Waals surface area contributed by atoms with Crippen molar-refractivity contribution in [3.05, 3.63) is 59.9 Å². The molecule has 0 heterocycles. The highest BCUT2D eigenvalue weighted by Gasteiger charge is 2.02. The summed E-state index contributed by atoms with van der Waals surface area (Å²) in [6.45, 7) is 2.72. The van der Waals surface area contributed by atoms with Gasteiger partial charge in [0.05, 0.1) is 12.3 Å². The van der Waals surface area contributed by atoms with Gasteiger partial charge in [0.25, 0.3) is 0 Å².